The Morgan fingerprint density at radius 3 is 2.55 bits per heavy atom. The van der Waals surface area contributed by atoms with Gasteiger partial charge in [0.05, 0.1) is 6.54 Å². The first-order valence-electron chi connectivity index (χ1n) is 7.81. The molecule has 4 nitrogen and oxygen atoms in total. The lowest BCUT2D eigenvalue weighted by Crippen LogP contribution is -2.41. The van der Waals surface area contributed by atoms with Crippen molar-refractivity contribution in [3.63, 3.8) is 0 Å². The van der Waals surface area contributed by atoms with Crippen molar-refractivity contribution in [2.24, 2.45) is 4.99 Å². The molecule has 1 aliphatic rings. The van der Waals surface area contributed by atoms with Crippen LogP contribution in [0.4, 0.5) is 0 Å². The lowest BCUT2D eigenvalue weighted by Gasteiger charge is -2.21. The van der Waals surface area contributed by atoms with Gasteiger partial charge in [0.25, 0.3) is 0 Å². The van der Waals surface area contributed by atoms with Crippen molar-refractivity contribution >= 4 is 52.5 Å². The zero-order chi connectivity index (χ0) is 15.9. The number of thioether (sulfide) groups is 1. The number of halogens is 1. The van der Waals surface area contributed by atoms with Crippen LogP contribution in [0.15, 0.2) is 4.99 Å². The van der Waals surface area contributed by atoms with Gasteiger partial charge in [-0.3, -0.25) is 9.20 Å². The van der Waals surface area contributed by atoms with E-state index in [4.69, 9.17) is 4.99 Å². The molecule has 0 aromatic heterocycles. The molecule has 0 amide bonds. The van der Waals surface area contributed by atoms with Gasteiger partial charge in [0.1, 0.15) is 0 Å². The Hall–Kier alpha value is 0.500. The van der Waals surface area contributed by atoms with E-state index in [1.54, 1.807) is 0 Å². The van der Waals surface area contributed by atoms with Gasteiger partial charge in [0.2, 0.25) is 0 Å². The Morgan fingerprint density at radius 1 is 1.36 bits per heavy atom. The van der Waals surface area contributed by atoms with E-state index in [0.29, 0.717) is 12.3 Å². The number of nitrogens with zero attached hydrogens (tertiary/aromatic N) is 1. The minimum atomic E-state index is -0.821. The molecule has 0 aromatic rings. The Balaban J connectivity index is 0.00000441. The SMILES string of the molecule is CCNC(=NCC1(C)CCCS1)NCCS(=O)C(C)(C)C.I. The highest BCUT2D eigenvalue weighted by atomic mass is 127. The maximum absolute atomic E-state index is 12.0. The van der Waals surface area contributed by atoms with Crippen molar-refractivity contribution in [3.8, 4) is 0 Å². The summed E-state index contributed by atoms with van der Waals surface area (Å²) in [5, 5.41) is 6.57. The summed E-state index contributed by atoms with van der Waals surface area (Å²) in [6, 6.07) is 0. The van der Waals surface area contributed by atoms with Gasteiger partial charge in [0, 0.05) is 39.1 Å². The second-order valence-corrected chi connectivity index (χ2v) is 10.7. The van der Waals surface area contributed by atoms with Gasteiger partial charge < -0.3 is 10.6 Å². The highest BCUT2D eigenvalue weighted by Gasteiger charge is 2.29. The third-order valence-electron chi connectivity index (χ3n) is 3.48. The van der Waals surface area contributed by atoms with Crippen LogP contribution in [0.25, 0.3) is 0 Å². The van der Waals surface area contributed by atoms with Gasteiger partial charge in [-0.2, -0.15) is 11.8 Å². The summed E-state index contributed by atoms with van der Waals surface area (Å²) in [6.07, 6.45) is 2.54. The van der Waals surface area contributed by atoms with Crippen LogP contribution in [0.3, 0.4) is 0 Å². The molecule has 1 heterocycles. The molecule has 1 saturated heterocycles. The lowest BCUT2D eigenvalue weighted by atomic mass is 10.1. The van der Waals surface area contributed by atoms with Crippen molar-refractivity contribution in [1.29, 1.82) is 0 Å². The molecule has 1 rings (SSSR count). The van der Waals surface area contributed by atoms with Gasteiger partial charge in [-0.25, -0.2) is 0 Å². The van der Waals surface area contributed by atoms with E-state index in [-0.39, 0.29) is 33.5 Å². The number of rotatable bonds is 6. The molecule has 2 atom stereocenters. The third-order valence-corrected chi connectivity index (χ3v) is 6.94. The fourth-order valence-corrected chi connectivity index (χ4v) is 4.24. The zero-order valence-corrected chi connectivity index (χ0v) is 18.5. The van der Waals surface area contributed by atoms with E-state index in [9.17, 15) is 4.21 Å². The monoisotopic (exact) mass is 461 g/mol. The molecule has 0 spiro atoms. The van der Waals surface area contributed by atoms with Crippen LogP contribution in [-0.4, -0.2) is 50.8 Å². The summed E-state index contributed by atoms with van der Waals surface area (Å²) in [6.45, 7) is 12.8. The van der Waals surface area contributed by atoms with Crippen molar-refractivity contribution in [2.45, 2.75) is 57.0 Å². The molecule has 132 valence electrons. The number of hydrogen-bond acceptors (Lipinski definition) is 3. The highest BCUT2D eigenvalue weighted by molar-refractivity contribution is 14.0. The van der Waals surface area contributed by atoms with Gasteiger partial charge in [-0.15, -0.1) is 24.0 Å². The minimum Gasteiger partial charge on any atom is -0.357 e. The summed E-state index contributed by atoms with van der Waals surface area (Å²) in [4.78, 5) is 4.70. The van der Waals surface area contributed by atoms with E-state index < -0.39 is 10.8 Å². The van der Waals surface area contributed by atoms with Crippen LogP contribution in [0.1, 0.15) is 47.5 Å². The molecular formula is C15H32IN3OS2. The minimum absolute atomic E-state index is 0. The smallest absolute Gasteiger partial charge is 0.191 e. The fraction of sp³-hybridized carbons (Fsp3) is 0.933. The van der Waals surface area contributed by atoms with Gasteiger partial charge in [0.15, 0.2) is 5.96 Å². The van der Waals surface area contributed by atoms with Crippen LogP contribution in [-0.2, 0) is 10.8 Å². The van der Waals surface area contributed by atoms with Crippen LogP contribution in [0.5, 0.6) is 0 Å². The van der Waals surface area contributed by atoms with E-state index in [2.05, 4.69) is 24.5 Å². The van der Waals surface area contributed by atoms with E-state index in [0.717, 1.165) is 19.0 Å². The predicted molar refractivity (Wildman–Crippen MR) is 112 cm³/mol. The maximum Gasteiger partial charge on any atom is 0.191 e. The summed E-state index contributed by atoms with van der Waals surface area (Å²) >= 11 is 2.03. The molecular weight excluding hydrogens is 429 g/mol. The standard InChI is InChI=1S/C15H31N3OS2.HI/c1-6-16-13(17-9-11-21(19)14(2,3)4)18-12-15(5)8-7-10-20-15;/h6-12H2,1-5H3,(H2,16,17,18);1H. The molecule has 0 aromatic carbocycles. The fourth-order valence-electron chi connectivity index (χ4n) is 2.12. The van der Waals surface area contributed by atoms with Gasteiger partial charge >= 0.3 is 0 Å². The molecule has 1 fully saturated rings. The average Bonchev–Trinajstić information content (AvgIpc) is 2.82. The number of guanidine groups is 1. The van der Waals surface area contributed by atoms with Crippen molar-refractivity contribution in [2.75, 3.05) is 31.1 Å². The lowest BCUT2D eigenvalue weighted by molar-refractivity contribution is 0.614. The Bertz CT molecular complexity index is 377. The Kier molecular flexibility index (Phi) is 10.6. The quantitative estimate of drug-likeness (QED) is 0.363. The largest absolute Gasteiger partial charge is 0.357 e. The molecule has 0 aliphatic carbocycles. The molecule has 7 heteroatoms. The molecule has 22 heavy (non-hydrogen) atoms. The second kappa shape index (κ2) is 10.4. The second-order valence-electron chi connectivity index (χ2n) is 6.69. The normalized spacial score (nSPS) is 23.8. The number of aliphatic imine (C=N–C) groups is 1. The maximum atomic E-state index is 12.0. The summed E-state index contributed by atoms with van der Waals surface area (Å²) in [5.41, 5.74) is 0. The van der Waals surface area contributed by atoms with Crippen LogP contribution in [0.2, 0.25) is 0 Å². The number of nitrogens with one attached hydrogen (secondary N) is 2. The van der Waals surface area contributed by atoms with E-state index in [1.165, 1.54) is 18.6 Å². The van der Waals surface area contributed by atoms with E-state index in [1.807, 2.05) is 32.5 Å². The highest BCUT2D eigenvalue weighted by Crippen LogP contribution is 2.37. The van der Waals surface area contributed by atoms with Crippen LogP contribution < -0.4 is 10.6 Å². The topological polar surface area (TPSA) is 53.5 Å². The van der Waals surface area contributed by atoms with Crippen molar-refractivity contribution < 1.29 is 4.21 Å². The first kappa shape index (κ1) is 22.5. The molecule has 1 aliphatic heterocycles. The number of hydrogen-bond donors (Lipinski definition) is 2. The first-order chi connectivity index (χ1) is 9.77. The summed E-state index contributed by atoms with van der Waals surface area (Å²) in [7, 11) is -0.821. The van der Waals surface area contributed by atoms with Crippen LogP contribution in [0, 0.1) is 0 Å². The van der Waals surface area contributed by atoms with Crippen molar-refractivity contribution in [1.82, 2.24) is 10.6 Å². The van der Waals surface area contributed by atoms with Crippen molar-refractivity contribution in [3.05, 3.63) is 0 Å². The molecule has 2 unspecified atom stereocenters. The summed E-state index contributed by atoms with van der Waals surface area (Å²) < 4.78 is 12.2. The Labute approximate surface area is 159 Å². The molecule has 0 saturated carbocycles. The van der Waals surface area contributed by atoms with E-state index >= 15 is 0 Å². The average molecular weight is 461 g/mol. The molecule has 0 radical (unpaired) electrons. The van der Waals surface area contributed by atoms with Crippen LogP contribution >= 0.6 is 35.7 Å². The predicted octanol–water partition coefficient (Wildman–Crippen LogP) is 2.99. The molecule has 0 bridgehead atoms. The van der Waals surface area contributed by atoms with Gasteiger partial charge in [-0.1, -0.05) is 0 Å². The zero-order valence-electron chi connectivity index (χ0n) is 14.5. The molecule has 2 N–H and O–H groups in total. The van der Waals surface area contributed by atoms with Gasteiger partial charge in [-0.05, 0) is 53.2 Å². The summed E-state index contributed by atoms with van der Waals surface area (Å²) in [5.74, 6) is 2.75. The first-order valence-corrected chi connectivity index (χ1v) is 10.1. The third kappa shape index (κ3) is 8.38. The Morgan fingerprint density at radius 2 is 2.05 bits per heavy atom.